The van der Waals surface area contributed by atoms with E-state index < -0.39 is 0 Å². The van der Waals surface area contributed by atoms with E-state index in [4.69, 9.17) is 5.11 Å². The van der Waals surface area contributed by atoms with Gasteiger partial charge >= 0.3 is 0 Å². The van der Waals surface area contributed by atoms with Crippen LogP contribution in [-0.4, -0.2) is 38.4 Å². The van der Waals surface area contributed by atoms with Crippen LogP contribution in [0.5, 0.6) is 0 Å². The lowest BCUT2D eigenvalue weighted by Crippen LogP contribution is -2.35. The van der Waals surface area contributed by atoms with E-state index in [-0.39, 0.29) is 18.6 Å². The zero-order chi connectivity index (χ0) is 13.8. The van der Waals surface area contributed by atoms with Crippen LogP contribution in [-0.2, 0) is 0 Å². The number of nitrogens with one attached hydrogen (secondary N) is 1. The Morgan fingerprint density at radius 2 is 2.16 bits per heavy atom. The van der Waals surface area contributed by atoms with Gasteiger partial charge < -0.3 is 10.4 Å². The molecule has 0 aliphatic rings. The van der Waals surface area contributed by atoms with Crippen LogP contribution in [0.25, 0.3) is 5.69 Å². The molecular weight excluding hydrogens is 244 g/mol. The molecule has 0 bridgehead atoms. The molecule has 2 rings (SSSR count). The van der Waals surface area contributed by atoms with Crippen LogP contribution < -0.4 is 5.32 Å². The quantitative estimate of drug-likeness (QED) is 0.847. The average Bonchev–Trinajstić information content (AvgIpc) is 2.81. The second-order valence-electron chi connectivity index (χ2n) is 4.32. The molecule has 1 amide bonds. The van der Waals surface area contributed by atoms with Gasteiger partial charge in [-0.05, 0) is 26.0 Å². The van der Waals surface area contributed by atoms with E-state index in [0.29, 0.717) is 5.56 Å². The van der Waals surface area contributed by atoms with Gasteiger partial charge in [0, 0.05) is 18.4 Å². The molecule has 19 heavy (non-hydrogen) atoms. The van der Waals surface area contributed by atoms with Crippen molar-refractivity contribution in [3.63, 3.8) is 0 Å². The summed E-state index contributed by atoms with van der Waals surface area (Å²) in [5.74, 6) is -0.237. The van der Waals surface area contributed by atoms with Crippen molar-refractivity contribution in [2.75, 3.05) is 6.61 Å². The van der Waals surface area contributed by atoms with Crippen molar-refractivity contribution in [1.82, 2.24) is 20.1 Å². The van der Waals surface area contributed by atoms with E-state index in [0.717, 1.165) is 11.4 Å². The largest absolute Gasteiger partial charge is 0.394 e. The Bertz CT molecular complexity index is 565. The van der Waals surface area contributed by atoms with Crippen molar-refractivity contribution in [3.05, 3.63) is 42.0 Å². The molecule has 0 saturated carbocycles. The van der Waals surface area contributed by atoms with Crippen molar-refractivity contribution in [2.45, 2.75) is 19.9 Å². The number of nitrogens with zero attached hydrogens (tertiary/aromatic N) is 3. The Kier molecular flexibility index (Phi) is 3.91. The minimum Gasteiger partial charge on any atom is -0.394 e. The van der Waals surface area contributed by atoms with Crippen molar-refractivity contribution in [3.8, 4) is 5.69 Å². The highest BCUT2D eigenvalue weighted by atomic mass is 16.3. The molecule has 1 atom stereocenters. The maximum Gasteiger partial charge on any atom is 0.255 e. The van der Waals surface area contributed by atoms with Gasteiger partial charge in [-0.15, -0.1) is 0 Å². The standard InChI is InChI=1S/C13H16N4O2/c1-9(8-18)16-13(19)12-7-15-17(10(12)2)11-3-5-14-6-4-11/h3-7,9,18H,8H2,1-2H3,(H,16,19). The number of hydrogen-bond donors (Lipinski definition) is 2. The lowest BCUT2D eigenvalue weighted by molar-refractivity contribution is 0.0921. The summed E-state index contributed by atoms with van der Waals surface area (Å²) in [6, 6.07) is 3.35. The molecule has 0 aliphatic heterocycles. The minimum atomic E-state index is -0.281. The van der Waals surface area contributed by atoms with Gasteiger partial charge in [0.15, 0.2) is 0 Å². The summed E-state index contributed by atoms with van der Waals surface area (Å²) in [6.45, 7) is 3.47. The smallest absolute Gasteiger partial charge is 0.255 e. The lowest BCUT2D eigenvalue weighted by atomic mass is 10.2. The van der Waals surface area contributed by atoms with E-state index in [1.54, 1.807) is 24.0 Å². The molecule has 2 aromatic rings. The van der Waals surface area contributed by atoms with Crippen molar-refractivity contribution >= 4 is 5.91 Å². The van der Waals surface area contributed by atoms with Crippen LogP contribution in [0, 0.1) is 6.92 Å². The van der Waals surface area contributed by atoms with Crippen LogP contribution >= 0.6 is 0 Å². The fourth-order valence-electron chi connectivity index (χ4n) is 1.73. The zero-order valence-electron chi connectivity index (χ0n) is 10.9. The summed E-state index contributed by atoms with van der Waals surface area (Å²) in [7, 11) is 0. The molecule has 0 aliphatic carbocycles. The monoisotopic (exact) mass is 260 g/mol. The van der Waals surface area contributed by atoms with Gasteiger partial charge in [0.2, 0.25) is 0 Å². The number of aliphatic hydroxyl groups excluding tert-OH is 1. The highest BCUT2D eigenvalue weighted by Crippen LogP contribution is 2.13. The second-order valence-corrected chi connectivity index (χ2v) is 4.32. The van der Waals surface area contributed by atoms with E-state index >= 15 is 0 Å². The van der Waals surface area contributed by atoms with Gasteiger partial charge in [-0.1, -0.05) is 0 Å². The fraction of sp³-hybridized carbons (Fsp3) is 0.308. The Labute approximate surface area is 111 Å². The first kappa shape index (κ1) is 13.2. The van der Waals surface area contributed by atoms with Crippen molar-refractivity contribution in [1.29, 1.82) is 0 Å². The third kappa shape index (κ3) is 2.79. The number of amides is 1. The predicted octanol–water partition coefficient (Wildman–Crippen LogP) is 0.686. The Hall–Kier alpha value is -2.21. The molecule has 6 nitrogen and oxygen atoms in total. The fourth-order valence-corrected chi connectivity index (χ4v) is 1.73. The average molecular weight is 260 g/mol. The SMILES string of the molecule is Cc1c(C(=O)NC(C)CO)cnn1-c1ccncc1. The number of pyridine rings is 1. The lowest BCUT2D eigenvalue weighted by Gasteiger charge is -2.10. The maximum absolute atomic E-state index is 12.0. The molecule has 2 N–H and O–H groups in total. The van der Waals surface area contributed by atoms with E-state index in [9.17, 15) is 4.79 Å². The first-order valence-electron chi connectivity index (χ1n) is 6.00. The third-order valence-corrected chi connectivity index (χ3v) is 2.81. The highest BCUT2D eigenvalue weighted by Gasteiger charge is 2.16. The summed E-state index contributed by atoms with van der Waals surface area (Å²) in [4.78, 5) is 15.9. The molecule has 1 unspecified atom stereocenters. The van der Waals surface area contributed by atoms with E-state index in [1.165, 1.54) is 6.20 Å². The van der Waals surface area contributed by atoms with Gasteiger partial charge in [-0.2, -0.15) is 5.10 Å². The topological polar surface area (TPSA) is 80.0 Å². The van der Waals surface area contributed by atoms with Gasteiger partial charge in [-0.3, -0.25) is 9.78 Å². The molecular formula is C13H16N4O2. The van der Waals surface area contributed by atoms with Crippen molar-refractivity contribution in [2.24, 2.45) is 0 Å². The van der Waals surface area contributed by atoms with Crippen LogP contribution in [0.2, 0.25) is 0 Å². The van der Waals surface area contributed by atoms with Gasteiger partial charge in [-0.25, -0.2) is 4.68 Å². The van der Waals surface area contributed by atoms with Gasteiger partial charge in [0.05, 0.1) is 29.7 Å². The Balaban J connectivity index is 2.26. The van der Waals surface area contributed by atoms with Crippen LogP contribution in [0.15, 0.2) is 30.7 Å². The number of carbonyl (C=O) groups excluding carboxylic acids is 1. The molecule has 0 radical (unpaired) electrons. The predicted molar refractivity (Wildman–Crippen MR) is 70.1 cm³/mol. The highest BCUT2D eigenvalue weighted by molar-refractivity contribution is 5.95. The van der Waals surface area contributed by atoms with Crippen LogP contribution in [0.4, 0.5) is 0 Å². The Morgan fingerprint density at radius 3 is 2.79 bits per heavy atom. The Morgan fingerprint density at radius 1 is 1.47 bits per heavy atom. The first-order valence-corrected chi connectivity index (χ1v) is 6.00. The number of rotatable bonds is 4. The summed E-state index contributed by atoms with van der Waals surface area (Å²) < 4.78 is 1.68. The number of carbonyl (C=O) groups is 1. The molecule has 0 aromatic carbocycles. The summed E-state index contributed by atoms with van der Waals surface area (Å²) in [6.07, 6.45) is 4.86. The molecule has 0 saturated heterocycles. The summed E-state index contributed by atoms with van der Waals surface area (Å²) in [5.41, 5.74) is 2.09. The third-order valence-electron chi connectivity index (χ3n) is 2.81. The number of hydrogen-bond acceptors (Lipinski definition) is 4. The molecule has 0 fully saturated rings. The van der Waals surface area contributed by atoms with Crippen LogP contribution in [0.3, 0.4) is 0 Å². The van der Waals surface area contributed by atoms with Crippen LogP contribution in [0.1, 0.15) is 23.0 Å². The first-order chi connectivity index (χ1) is 9.13. The van der Waals surface area contributed by atoms with E-state index in [2.05, 4.69) is 15.4 Å². The molecule has 0 spiro atoms. The maximum atomic E-state index is 12.0. The zero-order valence-corrected chi connectivity index (χ0v) is 10.9. The minimum absolute atomic E-state index is 0.0940. The summed E-state index contributed by atoms with van der Waals surface area (Å²) in [5, 5.41) is 15.8. The normalized spacial score (nSPS) is 12.2. The summed E-state index contributed by atoms with van der Waals surface area (Å²) >= 11 is 0. The molecule has 6 heteroatoms. The number of aromatic nitrogens is 3. The van der Waals surface area contributed by atoms with Crippen molar-refractivity contribution < 1.29 is 9.90 Å². The number of aliphatic hydroxyl groups is 1. The molecule has 2 heterocycles. The second kappa shape index (κ2) is 5.62. The van der Waals surface area contributed by atoms with Gasteiger partial charge in [0.25, 0.3) is 5.91 Å². The van der Waals surface area contributed by atoms with E-state index in [1.807, 2.05) is 19.1 Å². The molecule has 2 aromatic heterocycles. The van der Waals surface area contributed by atoms with Gasteiger partial charge in [0.1, 0.15) is 0 Å². The molecule has 100 valence electrons.